The Bertz CT molecular complexity index is 1480. The van der Waals surface area contributed by atoms with Crippen LogP contribution in [0, 0.1) is 29.1 Å². The monoisotopic (exact) mass is 575 g/mol. The quantitative estimate of drug-likeness (QED) is 0.410. The van der Waals surface area contributed by atoms with Gasteiger partial charge in [-0.05, 0) is 90.9 Å². The average molecular weight is 576 g/mol. The van der Waals surface area contributed by atoms with E-state index in [0.717, 1.165) is 36.3 Å². The summed E-state index contributed by atoms with van der Waals surface area (Å²) in [5.41, 5.74) is 3.12. The van der Waals surface area contributed by atoms with E-state index in [0.29, 0.717) is 29.9 Å². The van der Waals surface area contributed by atoms with Crippen LogP contribution in [0.5, 0.6) is 0 Å². The van der Waals surface area contributed by atoms with Crippen molar-refractivity contribution in [3.63, 3.8) is 0 Å². The van der Waals surface area contributed by atoms with Gasteiger partial charge in [0.25, 0.3) is 0 Å². The summed E-state index contributed by atoms with van der Waals surface area (Å²) in [5, 5.41) is 21.8. The first-order valence-corrected chi connectivity index (χ1v) is 16.4. The molecule has 0 spiro atoms. The zero-order valence-corrected chi connectivity index (χ0v) is 25.8. The molecule has 1 aromatic heterocycles. The number of aromatic nitrogens is 3. The average Bonchev–Trinajstić information content (AvgIpc) is 3.43. The zero-order valence-electron chi connectivity index (χ0n) is 25.8. The summed E-state index contributed by atoms with van der Waals surface area (Å²) in [4.78, 5) is 27.8. The van der Waals surface area contributed by atoms with Crippen LogP contribution in [0.15, 0.2) is 62.7 Å². The van der Waals surface area contributed by atoms with Crippen LogP contribution in [0.1, 0.15) is 97.9 Å². The molecular formula is C35H49N3O4. The Labute approximate surface area is 249 Å². The largest absolute Gasteiger partial charge is 0.393 e. The van der Waals surface area contributed by atoms with Gasteiger partial charge >= 0.3 is 11.4 Å². The Balaban J connectivity index is 1.41. The lowest BCUT2D eigenvalue weighted by atomic mass is 9.60. The highest BCUT2D eigenvalue weighted by Gasteiger charge is 2.51. The standard InChI is InChI=1S/C35H49N3O4/c1-22(2)10-8-11-23(3)29-15-16-30-24(12-9-17-35(29,30)4)18-31-27-19-26(39)20-32(40)28(27)21-36-33(41)37(34(42)38(31)36)25-13-6-5-7-14-25/h5-7,13-14,18,22-23,26,29-32,39-40H,8-12,15-17,19-21H2,1-4H3/b24-18+/t23-,26-,29-,30?,31?,32+,35-/m1/s1. The first-order chi connectivity index (χ1) is 20.1. The van der Waals surface area contributed by atoms with Crippen LogP contribution in [0.25, 0.3) is 5.69 Å². The molecule has 0 saturated heterocycles. The molecule has 4 aliphatic rings. The van der Waals surface area contributed by atoms with E-state index in [1.165, 1.54) is 46.9 Å². The first kappa shape index (κ1) is 29.4. The van der Waals surface area contributed by atoms with Crippen LogP contribution >= 0.6 is 0 Å². The zero-order chi connectivity index (χ0) is 29.8. The summed E-state index contributed by atoms with van der Waals surface area (Å²) in [6.45, 7) is 9.77. The molecule has 2 N–H and O–H groups in total. The lowest BCUT2D eigenvalue weighted by Crippen LogP contribution is -2.42. The number of nitrogens with zero attached hydrogens (tertiary/aromatic N) is 3. The van der Waals surface area contributed by atoms with Crippen molar-refractivity contribution in [2.75, 3.05) is 0 Å². The number of aliphatic hydroxyl groups is 2. The number of benzene rings is 1. The summed E-state index contributed by atoms with van der Waals surface area (Å²) >= 11 is 0. The van der Waals surface area contributed by atoms with E-state index in [-0.39, 0.29) is 29.8 Å². The molecule has 7 heteroatoms. The molecule has 0 radical (unpaired) electrons. The summed E-state index contributed by atoms with van der Waals surface area (Å²) in [6.07, 6.45) is 11.1. The molecule has 1 aliphatic heterocycles. The third kappa shape index (κ3) is 5.00. The van der Waals surface area contributed by atoms with E-state index >= 15 is 0 Å². The smallest absolute Gasteiger partial charge is 0.352 e. The molecule has 2 unspecified atom stereocenters. The van der Waals surface area contributed by atoms with Crippen molar-refractivity contribution in [2.45, 2.75) is 117 Å². The Morgan fingerprint density at radius 2 is 1.79 bits per heavy atom. The van der Waals surface area contributed by atoms with Crippen LogP contribution in [0.3, 0.4) is 0 Å². The fraction of sp³-hybridized carbons (Fsp3) is 0.657. The van der Waals surface area contributed by atoms with Crippen molar-refractivity contribution >= 4 is 0 Å². The molecule has 2 heterocycles. The SMILES string of the molecule is CC(C)CCC[C@@H](C)[C@H]1CCC2/C(=C/C3C4=C(Cn5c(=O)n(-c6ccccc6)c(=O)n53)[C@@H](O)C[C@H](O)C4)CCC[C@@]21C. The molecule has 7 atom stereocenters. The lowest BCUT2D eigenvalue weighted by Gasteiger charge is -2.45. The molecule has 3 aliphatic carbocycles. The second-order valence-corrected chi connectivity index (χ2v) is 14.4. The molecule has 1 aromatic carbocycles. The van der Waals surface area contributed by atoms with Crippen molar-refractivity contribution in [3.05, 3.63) is 74.1 Å². The number of fused-ring (bicyclic) bond motifs is 2. The van der Waals surface area contributed by atoms with E-state index in [4.69, 9.17) is 0 Å². The molecule has 2 fully saturated rings. The van der Waals surface area contributed by atoms with Gasteiger partial charge in [0.05, 0.1) is 30.5 Å². The molecule has 7 nitrogen and oxygen atoms in total. The fourth-order valence-corrected chi connectivity index (χ4v) is 9.25. The van der Waals surface area contributed by atoms with Gasteiger partial charge in [-0.3, -0.25) is 0 Å². The van der Waals surface area contributed by atoms with E-state index in [1.807, 2.05) is 18.2 Å². The van der Waals surface area contributed by atoms with Crippen molar-refractivity contribution < 1.29 is 10.2 Å². The van der Waals surface area contributed by atoms with Gasteiger partial charge in [0, 0.05) is 6.42 Å². The number of rotatable bonds is 7. The molecule has 42 heavy (non-hydrogen) atoms. The maximum Gasteiger partial charge on any atom is 0.352 e. The van der Waals surface area contributed by atoms with Crippen molar-refractivity contribution in [2.24, 2.45) is 29.1 Å². The normalized spacial score (nSPS) is 32.6. The van der Waals surface area contributed by atoms with Gasteiger partial charge in [0.1, 0.15) is 0 Å². The van der Waals surface area contributed by atoms with Crippen LogP contribution < -0.4 is 11.4 Å². The maximum atomic E-state index is 14.0. The summed E-state index contributed by atoms with van der Waals surface area (Å²) < 4.78 is 4.38. The van der Waals surface area contributed by atoms with Gasteiger partial charge in [-0.1, -0.05) is 76.8 Å². The second-order valence-electron chi connectivity index (χ2n) is 14.4. The first-order valence-electron chi connectivity index (χ1n) is 16.4. The Morgan fingerprint density at radius 1 is 1.02 bits per heavy atom. The summed E-state index contributed by atoms with van der Waals surface area (Å²) in [6, 6.07) is 8.60. The highest BCUT2D eigenvalue weighted by atomic mass is 16.3. The number of allylic oxidation sites excluding steroid dienone is 2. The highest BCUT2D eigenvalue weighted by molar-refractivity contribution is 5.36. The Morgan fingerprint density at radius 3 is 2.52 bits per heavy atom. The van der Waals surface area contributed by atoms with Gasteiger partial charge in [-0.25, -0.2) is 23.5 Å². The van der Waals surface area contributed by atoms with Crippen molar-refractivity contribution in [1.82, 2.24) is 13.9 Å². The minimum absolute atomic E-state index is 0.175. The molecular weight excluding hydrogens is 526 g/mol. The molecule has 2 aromatic rings. The van der Waals surface area contributed by atoms with Gasteiger partial charge < -0.3 is 10.2 Å². The fourth-order valence-electron chi connectivity index (χ4n) is 9.25. The van der Waals surface area contributed by atoms with E-state index < -0.39 is 18.2 Å². The van der Waals surface area contributed by atoms with Crippen molar-refractivity contribution in [3.8, 4) is 5.69 Å². The third-order valence-electron chi connectivity index (χ3n) is 11.3. The van der Waals surface area contributed by atoms with Crippen LogP contribution in [0.2, 0.25) is 0 Å². The second kappa shape index (κ2) is 11.5. The minimum atomic E-state index is -0.820. The highest BCUT2D eigenvalue weighted by Crippen LogP contribution is 2.60. The van der Waals surface area contributed by atoms with Gasteiger partial charge in [-0.2, -0.15) is 0 Å². The number of hydrogen-bond donors (Lipinski definition) is 2. The summed E-state index contributed by atoms with van der Waals surface area (Å²) in [5.74, 6) is 2.59. The Kier molecular flexibility index (Phi) is 8.03. The van der Waals surface area contributed by atoms with Gasteiger partial charge in [-0.15, -0.1) is 0 Å². The van der Waals surface area contributed by atoms with Crippen LogP contribution in [0.4, 0.5) is 0 Å². The lowest BCUT2D eigenvalue weighted by molar-refractivity contribution is 0.0755. The van der Waals surface area contributed by atoms with E-state index in [1.54, 1.807) is 16.8 Å². The maximum absolute atomic E-state index is 14.0. The topological polar surface area (TPSA) is 89.4 Å². The predicted molar refractivity (Wildman–Crippen MR) is 166 cm³/mol. The number of aliphatic hydroxyl groups excluding tert-OH is 2. The summed E-state index contributed by atoms with van der Waals surface area (Å²) in [7, 11) is 0. The number of hydrogen-bond acceptors (Lipinski definition) is 4. The minimum Gasteiger partial charge on any atom is -0.393 e. The third-order valence-corrected chi connectivity index (χ3v) is 11.3. The van der Waals surface area contributed by atoms with Crippen LogP contribution in [-0.4, -0.2) is 36.4 Å². The predicted octanol–water partition coefficient (Wildman–Crippen LogP) is 5.77. The molecule has 6 rings (SSSR count). The van der Waals surface area contributed by atoms with Crippen molar-refractivity contribution in [1.29, 1.82) is 0 Å². The van der Waals surface area contributed by atoms with Crippen LogP contribution in [-0.2, 0) is 6.54 Å². The number of para-hydroxylation sites is 1. The molecule has 0 amide bonds. The van der Waals surface area contributed by atoms with E-state index in [9.17, 15) is 19.8 Å². The van der Waals surface area contributed by atoms with Gasteiger partial charge in [0.15, 0.2) is 0 Å². The van der Waals surface area contributed by atoms with Gasteiger partial charge in [0.2, 0.25) is 0 Å². The molecule has 228 valence electrons. The molecule has 0 bridgehead atoms. The molecule has 2 saturated carbocycles. The Hall–Kier alpha value is -2.64. The van der Waals surface area contributed by atoms with E-state index in [2.05, 4.69) is 33.8 Å².